The van der Waals surface area contributed by atoms with Crippen LogP contribution in [0.25, 0.3) is 0 Å². The summed E-state index contributed by atoms with van der Waals surface area (Å²) in [6.45, 7) is 1.83. The second-order valence-corrected chi connectivity index (χ2v) is 6.17. The van der Waals surface area contributed by atoms with Crippen LogP contribution in [-0.4, -0.2) is 42.0 Å². The lowest BCUT2D eigenvalue weighted by Crippen LogP contribution is -2.45. The zero-order chi connectivity index (χ0) is 12.8. The predicted molar refractivity (Wildman–Crippen MR) is 72.5 cm³/mol. The smallest absolute Gasteiger partial charge is 0.127 e. The Morgan fingerprint density at radius 1 is 1.11 bits per heavy atom. The molecule has 2 fully saturated rings. The first-order valence-electron chi connectivity index (χ1n) is 7.61. The van der Waals surface area contributed by atoms with Gasteiger partial charge in [0.05, 0.1) is 6.61 Å². The van der Waals surface area contributed by atoms with Crippen molar-refractivity contribution in [1.82, 2.24) is 4.90 Å². The molecule has 2 saturated carbocycles. The summed E-state index contributed by atoms with van der Waals surface area (Å²) in [5.74, 6) is 0. The van der Waals surface area contributed by atoms with E-state index >= 15 is 0 Å². The van der Waals surface area contributed by atoms with Crippen molar-refractivity contribution < 1.29 is 9.90 Å². The molecule has 0 aromatic rings. The highest BCUT2D eigenvalue weighted by molar-refractivity contribution is 5.60. The zero-order valence-electron chi connectivity index (χ0n) is 11.4. The molecule has 104 valence electrons. The van der Waals surface area contributed by atoms with Crippen LogP contribution in [0.3, 0.4) is 0 Å². The van der Waals surface area contributed by atoms with Gasteiger partial charge in [-0.05, 0) is 25.7 Å². The van der Waals surface area contributed by atoms with Gasteiger partial charge >= 0.3 is 0 Å². The lowest BCUT2D eigenvalue weighted by molar-refractivity contribution is -0.119. The average molecular weight is 253 g/mol. The van der Waals surface area contributed by atoms with Crippen molar-refractivity contribution in [3.05, 3.63) is 0 Å². The molecule has 0 saturated heterocycles. The number of hydrogen-bond acceptors (Lipinski definition) is 3. The van der Waals surface area contributed by atoms with E-state index in [1.807, 2.05) is 0 Å². The summed E-state index contributed by atoms with van der Waals surface area (Å²) in [6, 6.07) is 0.607. The predicted octanol–water partition coefficient (Wildman–Crippen LogP) is 2.37. The molecular weight excluding hydrogens is 226 g/mol. The van der Waals surface area contributed by atoms with E-state index in [4.69, 9.17) is 0 Å². The third-order valence-corrected chi connectivity index (χ3v) is 4.85. The lowest BCUT2D eigenvalue weighted by atomic mass is 9.74. The number of aliphatic hydroxyl groups is 1. The summed E-state index contributed by atoms with van der Waals surface area (Å²) in [6.07, 6.45) is 12.1. The summed E-state index contributed by atoms with van der Waals surface area (Å²) >= 11 is 0. The highest BCUT2D eigenvalue weighted by atomic mass is 16.3. The SMILES string of the molecule is O=CC1(CN(CCO)C2CCCC2)CCCCC1. The highest BCUT2D eigenvalue weighted by Gasteiger charge is 2.35. The van der Waals surface area contributed by atoms with Gasteiger partial charge in [-0.2, -0.15) is 0 Å². The number of hydrogen-bond donors (Lipinski definition) is 1. The first-order chi connectivity index (χ1) is 8.79. The minimum absolute atomic E-state index is 0.115. The van der Waals surface area contributed by atoms with Gasteiger partial charge < -0.3 is 9.90 Å². The van der Waals surface area contributed by atoms with Gasteiger partial charge in [-0.25, -0.2) is 0 Å². The highest BCUT2D eigenvalue weighted by Crippen LogP contribution is 2.36. The molecular formula is C15H27NO2. The zero-order valence-corrected chi connectivity index (χ0v) is 11.4. The van der Waals surface area contributed by atoms with Gasteiger partial charge in [0.2, 0.25) is 0 Å². The van der Waals surface area contributed by atoms with Crippen LogP contribution in [-0.2, 0) is 4.79 Å². The maximum Gasteiger partial charge on any atom is 0.127 e. The Morgan fingerprint density at radius 3 is 2.33 bits per heavy atom. The molecule has 0 aliphatic heterocycles. The number of nitrogens with zero attached hydrogens (tertiary/aromatic N) is 1. The number of aliphatic hydroxyl groups excluding tert-OH is 1. The van der Waals surface area contributed by atoms with Crippen molar-refractivity contribution in [3.63, 3.8) is 0 Å². The van der Waals surface area contributed by atoms with Crippen molar-refractivity contribution >= 4 is 6.29 Å². The standard InChI is InChI=1S/C15H27NO2/c17-11-10-16(14-6-2-3-7-14)12-15(13-18)8-4-1-5-9-15/h13-14,17H,1-12H2. The van der Waals surface area contributed by atoms with Crippen molar-refractivity contribution in [2.75, 3.05) is 19.7 Å². The van der Waals surface area contributed by atoms with E-state index < -0.39 is 0 Å². The fourth-order valence-corrected chi connectivity index (χ4v) is 3.76. The van der Waals surface area contributed by atoms with Crippen LogP contribution in [0.2, 0.25) is 0 Å². The molecule has 2 rings (SSSR count). The molecule has 3 heteroatoms. The lowest BCUT2D eigenvalue weighted by Gasteiger charge is -2.39. The van der Waals surface area contributed by atoms with Crippen molar-refractivity contribution in [1.29, 1.82) is 0 Å². The molecule has 3 nitrogen and oxygen atoms in total. The molecule has 0 spiro atoms. The number of rotatable bonds is 6. The summed E-state index contributed by atoms with van der Waals surface area (Å²) in [4.78, 5) is 13.9. The van der Waals surface area contributed by atoms with Gasteiger partial charge in [0.15, 0.2) is 0 Å². The minimum atomic E-state index is -0.115. The molecule has 1 N–H and O–H groups in total. The molecule has 0 heterocycles. The van der Waals surface area contributed by atoms with Gasteiger partial charge in [0, 0.05) is 24.5 Å². The average Bonchev–Trinajstić information content (AvgIpc) is 2.93. The van der Waals surface area contributed by atoms with Gasteiger partial charge in [-0.15, -0.1) is 0 Å². The first kappa shape index (κ1) is 14.0. The Balaban J connectivity index is 1.98. The molecule has 0 bridgehead atoms. The van der Waals surface area contributed by atoms with Gasteiger partial charge in [-0.3, -0.25) is 4.90 Å². The second-order valence-electron chi connectivity index (χ2n) is 6.17. The Labute approximate surface area is 111 Å². The van der Waals surface area contributed by atoms with Crippen LogP contribution in [0.5, 0.6) is 0 Å². The Morgan fingerprint density at radius 2 is 1.78 bits per heavy atom. The summed E-state index contributed by atoms with van der Waals surface area (Å²) in [7, 11) is 0. The first-order valence-corrected chi connectivity index (χ1v) is 7.61. The molecule has 0 aromatic carbocycles. The Bertz CT molecular complexity index is 255. The molecule has 2 aliphatic rings. The summed E-state index contributed by atoms with van der Waals surface area (Å²) < 4.78 is 0. The Kier molecular flexibility index (Phi) is 5.19. The van der Waals surface area contributed by atoms with Crippen LogP contribution >= 0.6 is 0 Å². The molecule has 18 heavy (non-hydrogen) atoms. The van der Waals surface area contributed by atoms with E-state index in [0.29, 0.717) is 6.04 Å². The second kappa shape index (κ2) is 6.67. The van der Waals surface area contributed by atoms with E-state index in [2.05, 4.69) is 4.90 Å². The quantitative estimate of drug-likeness (QED) is 0.739. The molecule has 0 radical (unpaired) electrons. The van der Waals surface area contributed by atoms with E-state index in [9.17, 15) is 9.90 Å². The molecule has 2 aliphatic carbocycles. The van der Waals surface area contributed by atoms with Crippen LogP contribution in [0, 0.1) is 5.41 Å². The normalized spacial score (nSPS) is 24.6. The Hall–Kier alpha value is -0.410. The van der Waals surface area contributed by atoms with Crippen molar-refractivity contribution in [2.24, 2.45) is 5.41 Å². The maximum absolute atomic E-state index is 11.5. The number of aldehydes is 1. The molecule has 0 aromatic heterocycles. The van der Waals surface area contributed by atoms with Gasteiger partial charge in [-0.1, -0.05) is 32.1 Å². The molecule has 0 amide bonds. The van der Waals surface area contributed by atoms with E-state index in [0.717, 1.165) is 25.9 Å². The number of carbonyl (C=O) groups excluding carboxylic acids is 1. The topological polar surface area (TPSA) is 40.5 Å². The van der Waals surface area contributed by atoms with Crippen molar-refractivity contribution in [2.45, 2.75) is 63.8 Å². The third kappa shape index (κ3) is 3.33. The van der Waals surface area contributed by atoms with E-state index in [1.54, 1.807) is 0 Å². The van der Waals surface area contributed by atoms with Crippen LogP contribution < -0.4 is 0 Å². The third-order valence-electron chi connectivity index (χ3n) is 4.85. The fraction of sp³-hybridized carbons (Fsp3) is 0.933. The fourth-order valence-electron chi connectivity index (χ4n) is 3.76. The molecule has 0 atom stereocenters. The van der Waals surface area contributed by atoms with Gasteiger partial charge in [0.1, 0.15) is 6.29 Å². The van der Waals surface area contributed by atoms with Crippen LogP contribution in [0.15, 0.2) is 0 Å². The van der Waals surface area contributed by atoms with E-state index in [1.165, 1.54) is 51.2 Å². The van der Waals surface area contributed by atoms with Crippen molar-refractivity contribution in [3.8, 4) is 0 Å². The summed E-state index contributed by atoms with van der Waals surface area (Å²) in [5.41, 5.74) is -0.115. The number of carbonyl (C=O) groups is 1. The minimum Gasteiger partial charge on any atom is -0.395 e. The van der Waals surface area contributed by atoms with Gasteiger partial charge in [0.25, 0.3) is 0 Å². The largest absolute Gasteiger partial charge is 0.395 e. The summed E-state index contributed by atoms with van der Waals surface area (Å²) in [5, 5.41) is 9.25. The molecule has 0 unspecified atom stereocenters. The van der Waals surface area contributed by atoms with Crippen LogP contribution in [0.1, 0.15) is 57.8 Å². The monoisotopic (exact) mass is 253 g/mol. The van der Waals surface area contributed by atoms with E-state index in [-0.39, 0.29) is 12.0 Å². The van der Waals surface area contributed by atoms with Crippen LogP contribution in [0.4, 0.5) is 0 Å². The maximum atomic E-state index is 11.5.